The smallest absolute Gasteiger partial charge is 0.308 e. The van der Waals surface area contributed by atoms with Gasteiger partial charge in [0.2, 0.25) is 0 Å². The Morgan fingerprint density at radius 1 is 1.22 bits per heavy atom. The molecule has 94 valence electrons. The Kier molecular flexibility index (Phi) is 3.51. The van der Waals surface area contributed by atoms with Crippen molar-refractivity contribution in [2.75, 3.05) is 7.11 Å². The molecule has 2 rings (SSSR count). The fourth-order valence-electron chi connectivity index (χ4n) is 2.05. The summed E-state index contributed by atoms with van der Waals surface area (Å²) in [5.74, 6) is -0.0800. The standard InChI is InChI=1S/C15H16O3/c1-10(15(17)18-2)7-11-3-4-13-9-14(16)6-5-12(13)8-11/h3-6,8-10,16H,7H2,1-2H3/t10-/m0/s1. The summed E-state index contributed by atoms with van der Waals surface area (Å²) >= 11 is 0. The molecule has 0 unspecified atom stereocenters. The molecule has 0 bridgehead atoms. The quantitative estimate of drug-likeness (QED) is 0.844. The van der Waals surface area contributed by atoms with E-state index in [9.17, 15) is 9.90 Å². The van der Waals surface area contributed by atoms with E-state index < -0.39 is 0 Å². The minimum absolute atomic E-state index is 0.149. The second-order valence-corrected chi connectivity index (χ2v) is 4.49. The predicted molar refractivity (Wildman–Crippen MR) is 70.5 cm³/mol. The fourth-order valence-corrected chi connectivity index (χ4v) is 2.05. The number of phenolic OH excluding ortho intramolecular Hbond substituents is 1. The molecule has 0 aromatic heterocycles. The van der Waals surface area contributed by atoms with Crippen molar-refractivity contribution in [1.82, 2.24) is 0 Å². The molecule has 0 spiro atoms. The molecule has 2 aromatic rings. The highest BCUT2D eigenvalue weighted by molar-refractivity contribution is 5.84. The van der Waals surface area contributed by atoms with Gasteiger partial charge in [-0.3, -0.25) is 4.79 Å². The zero-order valence-electron chi connectivity index (χ0n) is 10.5. The van der Waals surface area contributed by atoms with E-state index in [0.717, 1.165) is 16.3 Å². The highest BCUT2D eigenvalue weighted by Crippen LogP contribution is 2.22. The SMILES string of the molecule is COC(=O)[C@@H](C)Cc1ccc2cc(O)ccc2c1. The predicted octanol–water partition coefficient (Wildman–Crippen LogP) is 2.90. The van der Waals surface area contributed by atoms with Crippen LogP contribution in [0, 0.1) is 5.92 Å². The molecule has 3 nitrogen and oxygen atoms in total. The number of carbonyl (C=O) groups is 1. The van der Waals surface area contributed by atoms with Crippen LogP contribution in [0.1, 0.15) is 12.5 Å². The van der Waals surface area contributed by atoms with Gasteiger partial charge >= 0.3 is 5.97 Å². The molecule has 0 radical (unpaired) electrons. The number of hydrogen-bond acceptors (Lipinski definition) is 3. The van der Waals surface area contributed by atoms with Gasteiger partial charge in [0.05, 0.1) is 13.0 Å². The summed E-state index contributed by atoms with van der Waals surface area (Å²) in [6.45, 7) is 1.85. The lowest BCUT2D eigenvalue weighted by molar-refractivity contribution is -0.144. The third kappa shape index (κ3) is 2.62. The Morgan fingerprint density at radius 2 is 1.89 bits per heavy atom. The van der Waals surface area contributed by atoms with Crippen LogP contribution in [0.5, 0.6) is 5.75 Å². The van der Waals surface area contributed by atoms with Gasteiger partial charge in [-0.1, -0.05) is 31.2 Å². The molecule has 0 saturated carbocycles. The van der Waals surface area contributed by atoms with Gasteiger partial charge in [-0.25, -0.2) is 0 Å². The van der Waals surface area contributed by atoms with Gasteiger partial charge in [0.1, 0.15) is 5.75 Å². The molecule has 2 aromatic carbocycles. The molecule has 0 amide bonds. The maximum absolute atomic E-state index is 11.4. The number of aromatic hydroxyl groups is 1. The van der Waals surface area contributed by atoms with E-state index in [1.807, 2.05) is 31.2 Å². The van der Waals surface area contributed by atoms with Gasteiger partial charge in [0.15, 0.2) is 0 Å². The minimum Gasteiger partial charge on any atom is -0.508 e. The number of benzene rings is 2. The third-order valence-corrected chi connectivity index (χ3v) is 3.03. The van der Waals surface area contributed by atoms with Crippen molar-refractivity contribution < 1.29 is 14.6 Å². The Balaban J connectivity index is 2.25. The maximum Gasteiger partial charge on any atom is 0.308 e. The summed E-state index contributed by atoms with van der Waals surface area (Å²) in [4.78, 5) is 11.4. The van der Waals surface area contributed by atoms with Crippen molar-refractivity contribution >= 4 is 16.7 Å². The van der Waals surface area contributed by atoms with Gasteiger partial charge in [-0.15, -0.1) is 0 Å². The summed E-state index contributed by atoms with van der Waals surface area (Å²) in [6.07, 6.45) is 0.656. The van der Waals surface area contributed by atoms with Crippen LogP contribution in [0.4, 0.5) is 0 Å². The zero-order valence-corrected chi connectivity index (χ0v) is 10.5. The van der Waals surface area contributed by atoms with E-state index in [0.29, 0.717) is 6.42 Å². The Hall–Kier alpha value is -2.03. The average Bonchev–Trinajstić information content (AvgIpc) is 2.38. The first-order valence-electron chi connectivity index (χ1n) is 5.89. The van der Waals surface area contributed by atoms with Crippen LogP contribution in [0.25, 0.3) is 10.8 Å². The largest absolute Gasteiger partial charge is 0.508 e. The molecule has 1 N–H and O–H groups in total. The second kappa shape index (κ2) is 5.08. The van der Waals surface area contributed by atoms with Gasteiger partial charge in [0.25, 0.3) is 0 Å². The molecular formula is C15H16O3. The summed E-state index contributed by atoms with van der Waals surface area (Å²) in [5, 5.41) is 11.4. The molecule has 0 aliphatic heterocycles. The monoisotopic (exact) mass is 244 g/mol. The highest BCUT2D eigenvalue weighted by Gasteiger charge is 2.13. The van der Waals surface area contributed by atoms with E-state index in [4.69, 9.17) is 4.74 Å². The number of carbonyl (C=O) groups excluding carboxylic acids is 1. The van der Waals surface area contributed by atoms with Crippen molar-refractivity contribution in [2.24, 2.45) is 5.92 Å². The van der Waals surface area contributed by atoms with Crippen LogP contribution in [-0.2, 0) is 16.0 Å². The van der Waals surface area contributed by atoms with Gasteiger partial charge in [0, 0.05) is 0 Å². The van der Waals surface area contributed by atoms with E-state index in [-0.39, 0.29) is 17.6 Å². The molecule has 0 saturated heterocycles. The van der Waals surface area contributed by atoms with E-state index >= 15 is 0 Å². The van der Waals surface area contributed by atoms with Crippen LogP contribution < -0.4 is 0 Å². The number of ether oxygens (including phenoxy) is 1. The lowest BCUT2D eigenvalue weighted by Crippen LogP contribution is -2.14. The molecule has 3 heteroatoms. The average molecular weight is 244 g/mol. The Bertz CT molecular complexity index is 575. The van der Waals surface area contributed by atoms with Crippen molar-refractivity contribution in [3.05, 3.63) is 42.0 Å². The third-order valence-electron chi connectivity index (χ3n) is 3.03. The van der Waals surface area contributed by atoms with Crippen LogP contribution in [0.3, 0.4) is 0 Å². The van der Waals surface area contributed by atoms with Crippen LogP contribution in [0.15, 0.2) is 36.4 Å². The van der Waals surface area contributed by atoms with E-state index in [2.05, 4.69) is 0 Å². The molecule has 0 heterocycles. The molecule has 0 fully saturated rings. The van der Waals surface area contributed by atoms with Crippen LogP contribution >= 0.6 is 0 Å². The maximum atomic E-state index is 11.4. The lowest BCUT2D eigenvalue weighted by atomic mass is 9.98. The van der Waals surface area contributed by atoms with Gasteiger partial charge < -0.3 is 9.84 Å². The number of fused-ring (bicyclic) bond motifs is 1. The highest BCUT2D eigenvalue weighted by atomic mass is 16.5. The first-order chi connectivity index (χ1) is 8.60. The van der Waals surface area contributed by atoms with Gasteiger partial charge in [-0.2, -0.15) is 0 Å². The number of methoxy groups -OCH3 is 1. The van der Waals surface area contributed by atoms with E-state index in [1.54, 1.807) is 12.1 Å². The first-order valence-corrected chi connectivity index (χ1v) is 5.89. The van der Waals surface area contributed by atoms with Crippen molar-refractivity contribution in [1.29, 1.82) is 0 Å². The number of esters is 1. The summed E-state index contributed by atoms with van der Waals surface area (Å²) in [7, 11) is 1.40. The number of phenols is 1. The van der Waals surface area contributed by atoms with Crippen LogP contribution in [0.2, 0.25) is 0 Å². The van der Waals surface area contributed by atoms with Crippen molar-refractivity contribution in [2.45, 2.75) is 13.3 Å². The molecular weight excluding hydrogens is 228 g/mol. The summed E-state index contributed by atoms with van der Waals surface area (Å²) in [6, 6.07) is 11.2. The summed E-state index contributed by atoms with van der Waals surface area (Å²) < 4.78 is 4.72. The van der Waals surface area contributed by atoms with E-state index in [1.165, 1.54) is 7.11 Å². The normalized spacial score (nSPS) is 12.3. The lowest BCUT2D eigenvalue weighted by Gasteiger charge is -2.09. The molecule has 18 heavy (non-hydrogen) atoms. The fraction of sp³-hybridized carbons (Fsp3) is 0.267. The Morgan fingerprint density at radius 3 is 2.61 bits per heavy atom. The topological polar surface area (TPSA) is 46.5 Å². The molecule has 1 atom stereocenters. The number of hydrogen-bond donors (Lipinski definition) is 1. The minimum atomic E-state index is -0.194. The first kappa shape index (κ1) is 12.4. The zero-order chi connectivity index (χ0) is 13.1. The Labute approximate surface area is 106 Å². The molecule has 0 aliphatic carbocycles. The number of rotatable bonds is 3. The van der Waals surface area contributed by atoms with Crippen molar-refractivity contribution in [3.63, 3.8) is 0 Å². The second-order valence-electron chi connectivity index (χ2n) is 4.49. The van der Waals surface area contributed by atoms with Crippen LogP contribution in [-0.4, -0.2) is 18.2 Å². The summed E-state index contributed by atoms with van der Waals surface area (Å²) in [5.41, 5.74) is 1.09. The molecule has 0 aliphatic rings. The van der Waals surface area contributed by atoms with Gasteiger partial charge in [-0.05, 0) is 34.9 Å². The van der Waals surface area contributed by atoms with Crippen molar-refractivity contribution in [3.8, 4) is 5.75 Å².